The molecule has 0 aliphatic heterocycles. The van der Waals surface area contributed by atoms with Gasteiger partial charge in [-0.1, -0.05) is 12.1 Å². The Morgan fingerprint density at radius 2 is 2.21 bits per heavy atom. The zero-order chi connectivity index (χ0) is 16.9. The van der Waals surface area contributed by atoms with Crippen molar-refractivity contribution in [2.75, 3.05) is 0 Å². The summed E-state index contributed by atoms with van der Waals surface area (Å²) in [7, 11) is 0. The quantitative estimate of drug-likeness (QED) is 0.460. The summed E-state index contributed by atoms with van der Waals surface area (Å²) in [4.78, 5) is 12.5. The molecule has 0 saturated heterocycles. The van der Waals surface area contributed by atoms with E-state index in [2.05, 4.69) is 26.1 Å². The highest BCUT2D eigenvalue weighted by molar-refractivity contribution is 9.11. The third-order valence-corrected chi connectivity index (χ3v) is 4.46. The van der Waals surface area contributed by atoms with Crippen LogP contribution in [0.5, 0.6) is 0 Å². The van der Waals surface area contributed by atoms with E-state index in [9.17, 15) is 9.18 Å². The fraction of sp³-hybridized carbons (Fsp3) is 0.0625. The topological polar surface area (TPSA) is 65.2 Å². The average molecular weight is 409 g/mol. The molecule has 1 aromatic carbocycles. The van der Waals surface area contributed by atoms with Crippen molar-refractivity contribution in [2.24, 2.45) is 0 Å². The van der Waals surface area contributed by atoms with Gasteiger partial charge in [0.2, 0.25) is 0 Å². The van der Waals surface area contributed by atoms with Crippen LogP contribution in [0.15, 0.2) is 50.7 Å². The fourth-order valence-electron chi connectivity index (χ4n) is 1.80. The van der Waals surface area contributed by atoms with E-state index in [1.165, 1.54) is 35.6 Å². The molecule has 0 aliphatic carbocycles. The molecular weight excluding hydrogens is 399 g/mol. The van der Waals surface area contributed by atoms with Crippen LogP contribution in [0, 0.1) is 5.82 Å². The van der Waals surface area contributed by atoms with Gasteiger partial charge in [0, 0.05) is 6.08 Å². The van der Waals surface area contributed by atoms with E-state index in [4.69, 9.17) is 9.15 Å². The Morgan fingerprint density at radius 1 is 1.33 bits per heavy atom. The van der Waals surface area contributed by atoms with Gasteiger partial charge in [-0.3, -0.25) is 0 Å². The van der Waals surface area contributed by atoms with Crippen molar-refractivity contribution in [1.29, 1.82) is 0 Å². The Bertz CT molecular complexity index is 891. The zero-order valence-electron chi connectivity index (χ0n) is 12.1. The van der Waals surface area contributed by atoms with Crippen LogP contribution < -0.4 is 0 Å². The Hall–Kier alpha value is -2.32. The van der Waals surface area contributed by atoms with Gasteiger partial charge in [-0.25, -0.2) is 9.18 Å². The summed E-state index contributed by atoms with van der Waals surface area (Å²) in [5.41, 5.74) is 0.565. The van der Waals surface area contributed by atoms with Gasteiger partial charge in [0.25, 0.3) is 11.8 Å². The van der Waals surface area contributed by atoms with Crippen LogP contribution in [0.4, 0.5) is 4.39 Å². The normalized spacial score (nSPS) is 11.1. The lowest BCUT2D eigenvalue weighted by Gasteiger charge is -1.97. The SMILES string of the molecule is O=C(/C=C/c1cccc(F)c1)OCc1nnc(-c2ccc(Br)s2)o1. The van der Waals surface area contributed by atoms with E-state index in [0.717, 1.165) is 8.66 Å². The molecule has 0 N–H and O–H groups in total. The number of esters is 1. The molecular formula is C16H10BrFN2O3S. The maximum atomic E-state index is 13.0. The smallest absolute Gasteiger partial charge is 0.331 e. The molecule has 3 rings (SSSR count). The number of thiophene rings is 1. The number of carbonyl (C=O) groups excluding carboxylic acids is 1. The summed E-state index contributed by atoms with van der Waals surface area (Å²) >= 11 is 4.81. The van der Waals surface area contributed by atoms with E-state index < -0.39 is 5.97 Å². The number of halogens is 2. The second-order valence-corrected chi connectivity index (χ2v) is 7.06. The summed E-state index contributed by atoms with van der Waals surface area (Å²) in [6.45, 7) is -0.133. The minimum Gasteiger partial charge on any atom is -0.452 e. The largest absolute Gasteiger partial charge is 0.452 e. The molecule has 2 heterocycles. The van der Waals surface area contributed by atoms with Crippen LogP contribution in [0.2, 0.25) is 0 Å². The predicted octanol–water partition coefficient (Wildman–Crippen LogP) is 4.46. The maximum Gasteiger partial charge on any atom is 0.331 e. The van der Waals surface area contributed by atoms with Crippen LogP contribution in [0.25, 0.3) is 16.8 Å². The molecule has 3 aromatic rings. The molecule has 122 valence electrons. The van der Waals surface area contributed by atoms with E-state index in [0.29, 0.717) is 11.5 Å². The van der Waals surface area contributed by atoms with Crippen molar-refractivity contribution in [2.45, 2.75) is 6.61 Å². The number of ether oxygens (including phenoxy) is 1. The van der Waals surface area contributed by atoms with Crippen molar-refractivity contribution >= 4 is 39.3 Å². The third-order valence-electron chi connectivity index (χ3n) is 2.85. The molecule has 5 nitrogen and oxygen atoms in total. The predicted molar refractivity (Wildman–Crippen MR) is 90.5 cm³/mol. The Kier molecular flexibility index (Phi) is 5.17. The van der Waals surface area contributed by atoms with Crippen molar-refractivity contribution in [3.8, 4) is 10.8 Å². The van der Waals surface area contributed by atoms with E-state index in [1.54, 1.807) is 12.1 Å². The van der Waals surface area contributed by atoms with Crippen LogP contribution in [-0.2, 0) is 16.1 Å². The van der Waals surface area contributed by atoms with Gasteiger partial charge < -0.3 is 9.15 Å². The lowest BCUT2D eigenvalue weighted by Crippen LogP contribution is -2.00. The van der Waals surface area contributed by atoms with Crippen molar-refractivity contribution in [3.05, 3.63) is 63.5 Å². The van der Waals surface area contributed by atoms with Gasteiger partial charge in [0.05, 0.1) is 8.66 Å². The third kappa shape index (κ3) is 4.36. The first-order valence-corrected chi connectivity index (χ1v) is 8.39. The number of carbonyl (C=O) groups is 1. The molecule has 8 heteroatoms. The highest BCUT2D eigenvalue weighted by atomic mass is 79.9. The molecule has 0 atom stereocenters. The second kappa shape index (κ2) is 7.50. The Labute approximate surface area is 148 Å². The van der Waals surface area contributed by atoms with Crippen LogP contribution >= 0.6 is 27.3 Å². The summed E-state index contributed by atoms with van der Waals surface area (Å²) in [6, 6.07) is 9.60. The fourth-order valence-corrected chi connectivity index (χ4v) is 3.10. The molecule has 0 amide bonds. The molecule has 0 radical (unpaired) electrons. The molecule has 0 aliphatic rings. The number of rotatable bonds is 5. The Balaban J connectivity index is 1.56. The number of hydrogen-bond donors (Lipinski definition) is 0. The lowest BCUT2D eigenvalue weighted by molar-refractivity contribution is -0.139. The summed E-state index contributed by atoms with van der Waals surface area (Å²) in [6.07, 6.45) is 2.68. The van der Waals surface area contributed by atoms with Gasteiger partial charge in [-0.05, 0) is 51.8 Å². The Morgan fingerprint density at radius 3 is 2.96 bits per heavy atom. The van der Waals surface area contributed by atoms with Gasteiger partial charge in [0.1, 0.15) is 5.82 Å². The molecule has 24 heavy (non-hydrogen) atoms. The van der Waals surface area contributed by atoms with E-state index in [-0.39, 0.29) is 18.3 Å². The van der Waals surface area contributed by atoms with Gasteiger partial charge >= 0.3 is 5.97 Å². The maximum absolute atomic E-state index is 13.0. The van der Waals surface area contributed by atoms with E-state index >= 15 is 0 Å². The number of nitrogens with zero attached hydrogens (tertiary/aromatic N) is 2. The first-order chi connectivity index (χ1) is 11.6. The molecule has 0 spiro atoms. The minimum atomic E-state index is -0.585. The van der Waals surface area contributed by atoms with Crippen molar-refractivity contribution < 1.29 is 18.3 Å². The molecule has 0 saturated carbocycles. The van der Waals surface area contributed by atoms with Crippen LogP contribution in [-0.4, -0.2) is 16.2 Å². The highest BCUT2D eigenvalue weighted by Gasteiger charge is 2.11. The number of hydrogen-bond acceptors (Lipinski definition) is 6. The standard InChI is InChI=1S/C16H10BrFN2O3S/c17-13-6-5-12(24-13)16-20-19-14(23-16)9-22-15(21)7-4-10-2-1-3-11(18)8-10/h1-8H,9H2/b7-4+. The molecule has 0 fully saturated rings. The first-order valence-electron chi connectivity index (χ1n) is 6.78. The average Bonchev–Trinajstić information content (AvgIpc) is 3.20. The first kappa shape index (κ1) is 16.5. The molecule has 0 bridgehead atoms. The monoisotopic (exact) mass is 408 g/mol. The second-order valence-electron chi connectivity index (χ2n) is 4.60. The van der Waals surface area contributed by atoms with Crippen LogP contribution in [0.3, 0.4) is 0 Å². The molecule has 2 aromatic heterocycles. The van der Waals surface area contributed by atoms with Crippen LogP contribution in [0.1, 0.15) is 11.5 Å². The summed E-state index contributed by atoms with van der Waals surface area (Å²) in [5.74, 6) is -0.393. The van der Waals surface area contributed by atoms with Crippen molar-refractivity contribution in [1.82, 2.24) is 10.2 Å². The zero-order valence-corrected chi connectivity index (χ0v) is 14.5. The summed E-state index contributed by atoms with van der Waals surface area (Å²) < 4.78 is 24.4. The minimum absolute atomic E-state index is 0.133. The van der Waals surface area contributed by atoms with Gasteiger partial charge in [-0.2, -0.15) is 0 Å². The summed E-state index contributed by atoms with van der Waals surface area (Å²) in [5, 5.41) is 7.73. The van der Waals surface area contributed by atoms with E-state index in [1.807, 2.05) is 12.1 Å². The highest BCUT2D eigenvalue weighted by Crippen LogP contribution is 2.30. The number of aromatic nitrogens is 2. The van der Waals surface area contributed by atoms with Crippen molar-refractivity contribution in [3.63, 3.8) is 0 Å². The van der Waals surface area contributed by atoms with Gasteiger partial charge in [-0.15, -0.1) is 21.5 Å². The van der Waals surface area contributed by atoms with Gasteiger partial charge in [0.15, 0.2) is 6.61 Å². The molecule has 0 unspecified atom stereocenters. The lowest BCUT2D eigenvalue weighted by atomic mass is 10.2. The number of benzene rings is 1.